The van der Waals surface area contributed by atoms with Gasteiger partial charge in [-0.05, 0) is 36.1 Å². The lowest BCUT2D eigenvalue weighted by atomic mass is 10.2. The fourth-order valence-corrected chi connectivity index (χ4v) is 3.72. The van der Waals surface area contributed by atoms with Crippen molar-refractivity contribution in [1.82, 2.24) is 20.2 Å². The number of thioether (sulfide) groups is 1. The molecule has 0 N–H and O–H groups in total. The Bertz CT molecular complexity index is 326. The molecule has 2 aliphatic rings. The lowest BCUT2D eigenvalue weighted by molar-refractivity contribution is 0.0911. The summed E-state index contributed by atoms with van der Waals surface area (Å²) in [5.41, 5.74) is 0. The van der Waals surface area contributed by atoms with E-state index in [-0.39, 0.29) is 0 Å². The number of hydrogen-bond acceptors (Lipinski definition) is 5. The van der Waals surface area contributed by atoms with E-state index >= 15 is 0 Å². The van der Waals surface area contributed by atoms with Crippen LogP contribution in [0.2, 0.25) is 0 Å². The highest BCUT2D eigenvalue weighted by molar-refractivity contribution is 7.99. The Morgan fingerprint density at radius 2 is 2.12 bits per heavy atom. The Labute approximate surface area is 105 Å². The molecule has 0 radical (unpaired) electrons. The lowest BCUT2D eigenvalue weighted by Gasteiger charge is -2.11. The van der Waals surface area contributed by atoms with Gasteiger partial charge in [-0.1, -0.05) is 24.6 Å². The maximum atomic E-state index is 5.63. The van der Waals surface area contributed by atoms with Gasteiger partial charge >= 0.3 is 0 Å². The van der Waals surface area contributed by atoms with Gasteiger partial charge in [-0.2, -0.15) is 0 Å². The zero-order chi connectivity index (χ0) is 11.5. The first-order valence-electron chi connectivity index (χ1n) is 6.46. The molecule has 3 rings (SSSR count). The molecule has 0 spiro atoms. The molecule has 1 atom stereocenters. The van der Waals surface area contributed by atoms with Crippen LogP contribution >= 0.6 is 11.8 Å². The first kappa shape index (κ1) is 11.5. The zero-order valence-corrected chi connectivity index (χ0v) is 10.7. The van der Waals surface area contributed by atoms with Crippen molar-refractivity contribution in [2.24, 2.45) is 0 Å². The van der Waals surface area contributed by atoms with Gasteiger partial charge in [0.1, 0.15) is 0 Å². The Balaban J connectivity index is 1.61. The summed E-state index contributed by atoms with van der Waals surface area (Å²) >= 11 is 1.84. The summed E-state index contributed by atoms with van der Waals surface area (Å²) in [4.78, 5) is 0. The molecule has 1 aromatic rings. The quantitative estimate of drug-likeness (QED) is 0.821. The summed E-state index contributed by atoms with van der Waals surface area (Å²) in [7, 11) is 0. The van der Waals surface area contributed by atoms with Gasteiger partial charge in [-0.15, -0.1) is 5.10 Å². The largest absolute Gasteiger partial charge is 0.376 e. The number of ether oxygens (including phenoxy) is 1. The molecule has 2 heterocycles. The van der Waals surface area contributed by atoms with E-state index in [0.29, 0.717) is 11.4 Å². The minimum Gasteiger partial charge on any atom is -0.376 e. The molecule has 6 heteroatoms. The number of tetrazole rings is 1. The summed E-state index contributed by atoms with van der Waals surface area (Å²) in [5, 5.41) is 13.7. The van der Waals surface area contributed by atoms with Crippen LogP contribution in [0.4, 0.5) is 0 Å². The van der Waals surface area contributed by atoms with Crippen molar-refractivity contribution in [1.29, 1.82) is 0 Å². The van der Waals surface area contributed by atoms with Gasteiger partial charge in [0.25, 0.3) is 0 Å². The highest BCUT2D eigenvalue weighted by Gasteiger charge is 2.22. The highest BCUT2D eigenvalue weighted by atomic mass is 32.2. The smallest absolute Gasteiger partial charge is 0.209 e. The monoisotopic (exact) mass is 254 g/mol. The first-order valence-corrected chi connectivity index (χ1v) is 7.34. The van der Waals surface area contributed by atoms with Gasteiger partial charge in [0, 0.05) is 11.9 Å². The minimum absolute atomic E-state index is 0.307. The fraction of sp³-hybridized carbons (Fsp3) is 0.909. The predicted molar refractivity (Wildman–Crippen MR) is 64.9 cm³/mol. The van der Waals surface area contributed by atoms with Crippen molar-refractivity contribution < 1.29 is 4.74 Å². The molecule has 17 heavy (non-hydrogen) atoms. The summed E-state index contributed by atoms with van der Waals surface area (Å²) in [6.45, 7) is 1.69. The summed E-state index contributed by atoms with van der Waals surface area (Å²) in [6.07, 6.45) is 7.91. The third kappa shape index (κ3) is 2.80. The second-order valence-corrected chi connectivity index (χ2v) is 6.07. The van der Waals surface area contributed by atoms with Crippen molar-refractivity contribution in [2.45, 2.75) is 61.6 Å². The van der Waals surface area contributed by atoms with Crippen LogP contribution in [0.25, 0.3) is 0 Å². The SMILES string of the molecule is C1CCC(Sc2nnnn2C[C@@H]2CCCO2)C1. The molecule has 2 fully saturated rings. The van der Waals surface area contributed by atoms with E-state index in [2.05, 4.69) is 15.5 Å². The van der Waals surface area contributed by atoms with Gasteiger partial charge in [0.05, 0.1) is 12.6 Å². The van der Waals surface area contributed by atoms with Gasteiger partial charge < -0.3 is 4.74 Å². The van der Waals surface area contributed by atoms with Crippen LogP contribution in [0.1, 0.15) is 38.5 Å². The minimum atomic E-state index is 0.307. The topological polar surface area (TPSA) is 52.8 Å². The highest BCUT2D eigenvalue weighted by Crippen LogP contribution is 2.33. The Morgan fingerprint density at radius 3 is 2.88 bits per heavy atom. The molecule has 1 aliphatic heterocycles. The van der Waals surface area contributed by atoms with Gasteiger partial charge in [-0.3, -0.25) is 0 Å². The first-order chi connectivity index (χ1) is 8.42. The average molecular weight is 254 g/mol. The molecule has 0 aromatic carbocycles. The van der Waals surface area contributed by atoms with E-state index in [4.69, 9.17) is 4.74 Å². The summed E-state index contributed by atoms with van der Waals surface area (Å²) in [5.74, 6) is 0. The van der Waals surface area contributed by atoms with Crippen LogP contribution in [-0.2, 0) is 11.3 Å². The van der Waals surface area contributed by atoms with Crippen LogP contribution < -0.4 is 0 Å². The van der Waals surface area contributed by atoms with Gasteiger partial charge in [-0.25, -0.2) is 4.68 Å². The fourth-order valence-electron chi connectivity index (χ4n) is 2.53. The number of aromatic nitrogens is 4. The molecule has 1 aromatic heterocycles. The van der Waals surface area contributed by atoms with E-state index in [9.17, 15) is 0 Å². The predicted octanol–water partition coefficient (Wildman–Crippen LogP) is 1.89. The third-order valence-electron chi connectivity index (χ3n) is 3.47. The average Bonchev–Trinajstić information content (AvgIpc) is 3.04. The molecular formula is C11H18N4OS. The van der Waals surface area contributed by atoms with E-state index in [0.717, 1.165) is 31.1 Å². The van der Waals surface area contributed by atoms with Crippen LogP contribution in [0.15, 0.2) is 5.16 Å². The summed E-state index contributed by atoms with van der Waals surface area (Å²) < 4.78 is 7.54. The van der Waals surface area contributed by atoms with Crippen LogP contribution in [-0.4, -0.2) is 38.2 Å². The summed E-state index contributed by atoms with van der Waals surface area (Å²) in [6, 6.07) is 0. The Morgan fingerprint density at radius 1 is 1.24 bits per heavy atom. The standard InChI is InChI=1S/C11H18N4OS/c1-2-6-10(5-1)17-11-12-13-14-15(11)8-9-4-3-7-16-9/h9-10H,1-8H2/t9-/m0/s1. The molecule has 94 valence electrons. The third-order valence-corrected chi connectivity index (χ3v) is 4.78. The van der Waals surface area contributed by atoms with E-state index < -0.39 is 0 Å². The maximum Gasteiger partial charge on any atom is 0.209 e. The molecule has 0 bridgehead atoms. The second-order valence-electron chi connectivity index (χ2n) is 4.80. The number of rotatable bonds is 4. The number of nitrogens with zero attached hydrogens (tertiary/aromatic N) is 4. The van der Waals surface area contributed by atoms with Gasteiger partial charge in [0.2, 0.25) is 5.16 Å². The Kier molecular flexibility index (Phi) is 3.61. The van der Waals surface area contributed by atoms with E-state index in [1.54, 1.807) is 0 Å². The lowest BCUT2D eigenvalue weighted by Crippen LogP contribution is -2.17. The maximum absolute atomic E-state index is 5.63. The zero-order valence-electron chi connectivity index (χ0n) is 9.92. The molecular weight excluding hydrogens is 236 g/mol. The van der Waals surface area contributed by atoms with Crippen molar-refractivity contribution in [3.63, 3.8) is 0 Å². The molecule has 1 saturated heterocycles. The molecule has 5 nitrogen and oxygen atoms in total. The molecule has 0 unspecified atom stereocenters. The number of hydrogen-bond donors (Lipinski definition) is 0. The normalized spacial score (nSPS) is 25.8. The van der Waals surface area contributed by atoms with Crippen molar-refractivity contribution in [2.75, 3.05) is 6.61 Å². The van der Waals surface area contributed by atoms with E-state index in [1.165, 1.54) is 25.7 Å². The van der Waals surface area contributed by atoms with Crippen LogP contribution in [0.3, 0.4) is 0 Å². The van der Waals surface area contributed by atoms with Crippen LogP contribution in [0, 0.1) is 0 Å². The molecule has 1 saturated carbocycles. The van der Waals surface area contributed by atoms with Gasteiger partial charge in [0.15, 0.2) is 0 Å². The molecule has 1 aliphatic carbocycles. The second kappa shape index (κ2) is 5.35. The van der Waals surface area contributed by atoms with Crippen LogP contribution in [0.5, 0.6) is 0 Å². The molecule has 0 amide bonds. The van der Waals surface area contributed by atoms with E-state index in [1.807, 2.05) is 16.4 Å². The van der Waals surface area contributed by atoms with Crippen molar-refractivity contribution in [3.8, 4) is 0 Å². The van der Waals surface area contributed by atoms with Crippen molar-refractivity contribution in [3.05, 3.63) is 0 Å². The Hall–Kier alpha value is -0.620. The van der Waals surface area contributed by atoms with Crippen molar-refractivity contribution >= 4 is 11.8 Å².